The number of hydrogen-bond donors (Lipinski definition) is 0. The van der Waals surface area contributed by atoms with Gasteiger partial charge in [-0.2, -0.15) is 0 Å². The molecule has 2 atom stereocenters. The number of sulfone groups is 1. The molecule has 1 aromatic carbocycles. The quantitative estimate of drug-likeness (QED) is 0.626. The zero-order valence-corrected chi connectivity index (χ0v) is 16.7. The fourth-order valence-corrected chi connectivity index (χ4v) is 4.77. The minimum atomic E-state index is -3.10. The molecule has 27 heavy (non-hydrogen) atoms. The van der Waals surface area contributed by atoms with E-state index in [2.05, 4.69) is 0 Å². The van der Waals surface area contributed by atoms with E-state index >= 15 is 0 Å². The summed E-state index contributed by atoms with van der Waals surface area (Å²) >= 11 is 0. The van der Waals surface area contributed by atoms with Gasteiger partial charge in [0, 0.05) is 13.1 Å². The van der Waals surface area contributed by atoms with Gasteiger partial charge in [0.05, 0.1) is 32.1 Å². The number of carbonyl (C=O) groups excluding carboxylic acids is 2. The highest BCUT2D eigenvalue weighted by Gasteiger charge is 2.34. The molecule has 0 saturated carbocycles. The molecule has 2 rings (SSSR count). The number of nitrogens with zero attached hydrogens (tertiary/aromatic N) is 1. The molecule has 0 aromatic heterocycles. The molecule has 1 heterocycles. The average Bonchev–Trinajstić information content (AvgIpc) is 2.99. The van der Waals surface area contributed by atoms with Gasteiger partial charge in [0.15, 0.2) is 27.4 Å². The minimum absolute atomic E-state index is 0.0283. The van der Waals surface area contributed by atoms with Crippen LogP contribution in [0.15, 0.2) is 18.2 Å². The first kappa shape index (κ1) is 21.0. The van der Waals surface area contributed by atoms with Crippen molar-refractivity contribution in [3.05, 3.63) is 23.8 Å². The summed E-state index contributed by atoms with van der Waals surface area (Å²) in [6.07, 6.45) is -0.623. The molecule has 1 aliphatic heterocycles. The van der Waals surface area contributed by atoms with Gasteiger partial charge in [0.25, 0.3) is 5.91 Å². The molecule has 8 nitrogen and oxygen atoms in total. The van der Waals surface area contributed by atoms with Crippen LogP contribution in [-0.2, 0) is 30.6 Å². The number of rotatable bonds is 7. The molecule has 0 unspecified atom stereocenters. The summed E-state index contributed by atoms with van der Waals surface area (Å²) < 4.78 is 38.7. The van der Waals surface area contributed by atoms with Crippen molar-refractivity contribution in [1.82, 2.24) is 4.90 Å². The van der Waals surface area contributed by atoms with Gasteiger partial charge in [-0.05, 0) is 31.0 Å². The predicted octanol–water partition coefficient (Wildman–Crippen LogP) is 0.824. The van der Waals surface area contributed by atoms with Crippen LogP contribution in [0.25, 0.3) is 0 Å². The summed E-state index contributed by atoms with van der Waals surface area (Å²) in [6.45, 7) is 1.48. The van der Waals surface area contributed by atoms with Crippen molar-refractivity contribution in [3.63, 3.8) is 0 Å². The van der Waals surface area contributed by atoms with Crippen molar-refractivity contribution in [2.24, 2.45) is 0 Å². The number of hydrogen-bond acceptors (Lipinski definition) is 7. The van der Waals surface area contributed by atoms with Gasteiger partial charge in [0.1, 0.15) is 0 Å². The number of ether oxygens (including phenoxy) is 3. The molecule has 0 N–H and O–H groups in total. The number of carbonyl (C=O) groups is 2. The Morgan fingerprint density at radius 3 is 2.44 bits per heavy atom. The Balaban J connectivity index is 1.94. The molecule has 1 amide bonds. The monoisotopic (exact) mass is 399 g/mol. The van der Waals surface area contributed by atoms with Crippen LogP contribution in [0.1, 0.15) is 18.9 Å². The number of likely N-dealkylation sites (N-methyl/N-ethyl adjacent to an activating group) is 1. The van der Waals surface area contributed by atoms with E-state index in [0.29, 0.717) is 23.5 Å². The zero-order chi connectivity index (χ0) is 20.2. The maximum atomic E-state index is 12.4. The van der Waals surface area contributed by atoms with Crippen LogP contribution in [0.5, 0.6) is 11.5 Å². The van der Waals surface area contributed by atoms with Gasteiger partial charge < -0.3 is 19.1 Å². The minimum Gasteiger partial charge on any atom is -0.493 e. The average molecular weight is 399 g/mol. The number of amides is 1. The van der Waals surface area contributed by atoms with Crippen molar-refractivity contribution >= 4 is 21.7 Å². The molecule has 1 aromatic rings. The topological polar surface area (TPSA) is 99.2 Å². The highest BCUT2D eigenvalue weighted by atomic mass is 32.2. The number of benzene rings is 1. The Kier molecular flexibility index (Phi) is 6.69. The van der Waals surface area contributed by atoms with Crippen molar-refractivity contribution in [2.75, 3.05) is 32.8 Å². The van der Waals surface area contributed by atoms with Crippen LogP contribution < -0.4 is 9.47 Å². The lowest BCUT2D eigenvalue weighted by atomic mass is 10.1. The van der Waals surface area contributed by atoms with E-state index in [4.69, 9.17) is 14.2 Å². The van der Waals surface area contributed by atoms with E-state index in [0.717, 1.165) is 0 Å². The van der Waals surface area contributed by atoms with E-state index in [1.807, 2.05) is 0 Å². The van der Waals surface area contributed by atoms with E-state index in [1.54, 1.807) is 18.2 Å². The third kappa shape index (κ3) is 5.35. The highest BCUT2D eigenvalue weighted by Crippen LogP contribution is 2.27. The third-order valence-corrected chi connectivity index (χ3v) is 6.31. The van der Waals surface area contributed by atoms with Gasteiger partial charge >= 0.3 is 5.97 Å². The largest absolute Gasteiger partial charge is 0.493 e. The van der Waals surface area contributed by atoms with Gasteiger partial charge in [-0.1, -0.05) is 6.07 Å². The summed E-state index contributed by atoms with van der Waals surface area (Å²) in [5, 5.41) is 0. The number of methoxy groups -OCH3 is 2. The lowest BCUT2D eigenvalue weighted by Crippen LogP contribution is -2.44. The molecule has 1 fully saturated rings. The fourth-order valence-electron chi connectivity index (χ4n) is 2.99. The second kappa shape index (κ2) is 8.60. The molecule has 0 radical (unpaired) electrons. The number of esters is 1. The first-order valence-corrected chi connectivity index (χ1v) is 10.4. The second-order valence-corrected chi connectivity index (χ2v) is 8.73. The second-order valence-electron chi connectivity index (χ2n) is 6.50. The summed E-state index contributed by atoms with van der Waals surface area (Å²) in [7, 11) is 1.45. The molecular weight excluding hydrogens is 374 g/mol. The van der Waals surface area contributed by atoms with E-state index in [9.17, 15) is 18.0 Å². The van der Waals surface area contributed by atoms with Crippen LogP contribution in [0.2, 0.25) is 0 Å². The molecule has 150 valence electrons. The predicted molar refractivity (Wildman–Crippen MR) is 98.6 cm³/mol. The molecule has 1 saturated heterocycles. The van der Waals surface area contributed by atoms with Crippen LogP contribution >= 0.6 is 0 Å². The Morgan fingerprint density at radius 2 is 1.89 bits per heavy atom. The van der Waals surface area contributed by atoms with Gasteiger partial charge in [-0.25, -0.2) is 8.42 Å². The molecule has 0 aliphatic carbocycles. The highest BCUT2D eigenvalue weighted by molar-refractivity contribution is 7.91. The first-order chi connectivity index (χ1) is 12.7. The van der Waals surface area contributed by atoms with Crippen molar-refractivity contribution in [3.8, 4) is 11.5 Å². The van der Waals surface area contributed by atoms with Crippen LogP contribution in [0, 0.1) is 0 Å². The first-order valence-electron chi connectivity index (χ1n) is 8.54. The lowest BCUT2D eigenvalue weighted by molar-refractivity contribution is -0.158. The summed E-state index contributed by atoms with van der Waals surface area (Å²) in [5.74, 6) is 0.0818. The molecule has 1 aliphatic rings. The van der Waals surface area contributed by atoms with E-state index in [-0.39, 0.29) is 24.0 Å². The smallest absolute Gasteiger partial charge is 0.311 e. The lowest BCUT2D eigenvalue weighted by Gasteiger charge is -2.26. The van der Waals surface area contributed by atoms with Crippen molar-refractivity contribution in [2.45, 2.75) is 31.9 Å². The van der Waals surface area contributed by atoms with Gasteiger partial charge in [-0.15, -0.1) is 0 Å². The molecule has 0 bridgehead atoms. The van der Waals surface area contributed by atoms with Crippen molar-refractivity contribution in [1.29, 1.82) is 0 Å². The maximum absolute atomic E-state index is 12.4. The van der Waals surface area contributed by atoms with Gasteiger partial charge in [-0.3, -0.25) is 9.59 Å². The SMILES string of the molecule is COc1ccc(CC(=O)O[C@@H](C)C(=O)N(C)[C@H]2CCS(=O)(=O)C2)cc1OC. The standard InChI is InChI=1S/C18H25NO7S/c1-12(18(21)19(2)14-7-8-27(22,23)11-14)26-17(20)10-13-5-6-15(24-3)16(9-13)25-4/h5-6,9,12,14H,7-8,10-11H2,1-4H3/t12-,14-/m0/s1. The fraction of sp³-hybridized carbons (Fsp3) is 0.556. The summed E-state index contributed by atoms with van der Waals surface area (Å²) in [5.41, 5.74) is 0.660. The Labute approximate surface area is 159 Å². The Hall–Kier alpha value is -2.29. The van der Waals surface area contributed by atoms with Crippen LogP contribution in [0.3, 0.4) is 0 Å². The van der Waals surface area contributed by atoms with E-state index in [1.165, 1.54) is 33.1 Å². The molecule has 0 spiro atoms. The molecular formula is C18H25NO7S. The maximum Gasteiger partial charge on any atom is 0.311 e. The Bertz CT molecular complexity index is 806. The third-order valence-electron chi connectivity index (χ3n) is 4.56. The normalized spacial score (nSPS) is 19.2. The van der Waals surface area contributed by atoms with Gasteiger partial charge in [0.2, 0.25) is 0 Å². The van der Waals surface area contributed by atoms with Crippen LogP contribution in [-0.4, -0.2) is 70.1 Å². The summed E-state index contributed by atoms with van der Waals surface area (Å²) in [6, 6.07) is 4.69. The zero-order valence-electron chi connectivity index (χ0n) is 15.9. The van der Waals surface area contributed by atoms with E-state index < -0.39 is 27.8 Å². The van der Waals surface area contributed by atoms with Crippen molar-refractivity contribution < 1.29 is 32.2 Å². The summed E-state index contributed by atoms with van der Waals surface area (Å²) in [4.78, 5) is 26.0. The Morgan fingerprint density at radius 1 is 1.22 bits per heavy atom. The van der Waals surface area contributed by atoms with Crippen LogP contribution in [0.4, 0.5) is 0 Å². The molecule has 9 heteroatoms.